The Morgan fingerprint density at radius 1 is 0.975 bits per heavy atom. The number of nitrogen functional groups attached to an aromatic ring is 1. The number of anilines is 2. The molecular formula is C28H35N9O3. The fourth-order valence-corrected chi connectivity index (χ4v) is 4.93. The highest BCUT2D eigenvalue weighted by Crippen LogP contribution is 2.20. The van der Waals surface area contributed by atoms with Crippen LogP contribution in [0, 0.1) is 0 Å². The molecule has 0 spiro atoms. The SMILES string of the molecule is CCCCNc1nc(N)nc2cn(Cc3ccc(CN4CCN(C(=O)CCN5C(=O)C=CC5=O)CC4)cc3)nc12. The van der Waals surface area contributed by atoms with Crippen molar-refractivity contribution >= 4 is 40.5 Å². The Morgan fingerprint density at radius 2 is 1.65 bits per heavy atom. The summed E-state index contributed by atoms with van der Waals surface area (Å²) in [7, 11) is 0. The van der Waals surface area contributed by atoms with Gasteiger partial charge in [0.1, 0.15) is 5.52 Å². The zero-order chi connectivity index (χ0) is 28.1. The first-order valence-corrected chi connectivity index (χ1v) is 13.8. The number of hydrogen-bond acceptors (Lipinski definition) is 9. The zero-order valence-corrected chi connectivity index (χ0v) is 22.8. The topological polar surface area (TPSA) is 143 Å². The van der Waals surface area contributed by atoms with E-state index in [2.05, 4.69) is 51.4 Å². The van der Waals surface area contributed by atoms with Gasteiger partial charge in [-0.25, -0.2) is 4.98 Å². The Bertz CT molecular complexity index is 1390. The molecule has 40 heavy (non-hydrogen) atoms. The van der Waals surface area contributed by atoms with Gasteiger partial charge in [0.25, 0.3) is 11.8 Å². The molecule has 0 unspecified atom stereocenters. The Hall–Kier alpha value is -4.32. The number of imide groups is 1. The van der Waals surface area contributed by atoms with Gasteiger partial charge >= 0.3 is 0 Å². The van der Waals surface area contributed by atoms with Crippen LogP contribution >= 0.6 is 0 Å². The molecule has 0 radical (unpaired) electrons. The van der Waals surface area contributed by atoms with Gasteiger partial charge in [0.05, 0.1) is 12.7 Å². The lowest BCUT2D eigenvalue weighted by molar-refractivity contribution is -0.138. The number of aromatic nitrogens is 4. The van der Waals surface area contributed by atoms with Crippen molar-refractivity contribution in [2.75, 3.05) is 50.3 Å². The molecule has 1 fully saturated rings. The molecule has 12 nitrogen and oxygen atoms in total. The molecule has 5 rings (SSSR count). The highest BCUT2D eigenvalue weighted by atomic mass is 16.2. The fourth-order valence-electron chi connectivity index (χ4n) is 4.93. The van der Waals surface area contributed by atoms with Gasteiger partial charge in [-0.2, -0.15) is 10.1 Å². The van der Waals surface area contributed by atoms with E-state index in [9.17, 15) is 14.4 Å². The van der Waals surface area contributed by atoms with Crippen LogP contribution in [0.15, 0.2) is 42.6 Å². The highest BCUT2D eigenvalue weighted by Gasteiger charge is 2.26. The molecule has 210 valence electrons. The van der Waals surface area contributed by atoms with E-state index in [0.29, 0.717) is 25.5 Å². The monoisotopic (exact) mass is 545 g/mol. The summed E-state index contributed by atoms with van der Waals surface area (Å²) < 4.78 is 1.86. The van der Waals surface area contributed by atoms with E-state index < -0.39 is 0 Å². The smallest absolute Gasteiger partial charge is 0.253 e. The summed E-state index contributed by atoms with van der Waals surface area (Å²) in [5.74, 6) is 0.167. The number of carbonyl (C=O) groups is 3. The molecular weight excluding hydrogens is 510 g/mol. The summed E-state index contributed by atoms with van der Waals surface area (Å²) in [4.78, 5) is 49.9. The standard InChI is InChI=1S/C28H35N9O3/c1-2-3-11-30-27-26-22(31-28(29)32-27)19-36(33-26)18-21-6-4-20(5-7-21)17-34-13-15-35(16-14-34)23(38)10-12-37-24(39)8-9-25(37)40/h4-9,19H,2-3,10-18H2,1H3,(H3,29,30,31,32). The van der Waals surface area contributed by atoms with Crippen molar-refractivity contribution in [3.63, 3.8) is 0 Å². The summed E-state index contributed by atoms with van der Waals surface area (Å²) in [6.07, 6.45) is 6.66. The minimum atomic E-state index is -0.351. The first-order valence-electron chi connectivity index (χ1n) is 13.8. The maximum absolute atomic E-state index is 12.6. The normalized spacial score (nSPS) is 15.9. The third-order valence-corrected chi connectivity index (χ3v) is 7.20. The second-order valence-corrected chi connectivity index (χ2v) is 10.2. The molecule has 4 heterocycles. The molecule has 0 aliphatic carbocycles. The number of benzene rings is 1. The molecule has 3 amide bonds. The predicted octanol–water partition coefficient (Wildman–Crippen LogP) is 1.63. The fraction of sp³-hybridized carbons (Fsp3) is 0.429. The van der Waals surface area contributed by atoms with Crippen LogP contribution in [0.3, 0.4) is 0 Å². The number of unbranched alkanes of at least 4 members (excludes halogenated alkanes) is 1. The molecule has 1 aromatic carbocycles. The van der Waals surface area contributed by atoms with Gasteiger partial charge in [-0.3, -0.25) is 28.9 Å². The molecule has 3 N–H and O–H groups in total. The summed E-state index contributed by atoms with van der Waals surface area (Å²) in [6, 6.07) is 8.48. The number of nitrogens with zero attached hydrogens (tertiary/aromatic N) is 7. The van der Waals surface area contributed by atoms with Crippen molar-refractivity contribution in [3.05, 3.63) is 53.7 Å². The lowest BCUT2D eigenvalue weighted by Crippen LogP contribution is -2.49. The summed E-state index contributed by atoms with van der Waals surface area (Å²) in [5, 5.41) is 8.02. The van der Waals surface area contributed by atoms with Crippen LogP contribution < -0.4 is 11.1 Å². The number of fused-ring (bicyclic) bond motifs is 1. The number of rotatable bonds is 11. The number of nitrogens with two attached hydrogens (primary N) is 1. The van der Waals surface area contributed by atoms with E-state index in [1.165, 1.54) is 17.7 Å². The van der Waals surface area contributed by atoms with Crippen LogP contribution in [0.5, 0.6) is 0 Å². The van der Waals surface area contributed by atoms with E-state index in [-0.39, 0.29) is 36.6 Å². The average molecular weight is 546 g/mol. The average Bonchev–Trinajstić information content (AvgIpc) is 3.50. The molecule has 0 bridgehead atoms. The molecule has 3 aromatic rings. The summed E-state index contributed by atoms with van der Waals surface area (Å²) in [6.45, 7) is 7.30. The van der Waals surface area contributed by atoms with Crippen LogP contribution in [0.4, 0.5) is 11.8 Å². The van der Waals surface area contributed by atoms with Gasteiger partial charge in [0.2, 0.25) is 11.9 Å². The van der Waals surface area contributed by atoms with Crippen molar-refractivity contribution in [2.45, 2.75) is 39.3 Å². The number of nitrogens with one attached hydrogen (secondary N) is 1. The van der Waals surface area contributed by atoms with Crippen LogP contribution in [0.25, 0.3) is 11.0 Å². The molecule has 0 atom stereocenters. The lowest BCUT2D eigenvalue weighted by Gasteiger charge is -2.35. The van der Waals surface area contributed by atoms with Gasteiger partial charge in [-0.15, -0.1) is 0 Å². The van der Waals surface area contributed by atoms with Gasteiger partial charge in [0.15, 0.2) is 11.3 Å². The van der Waals surface area contributed by atoms with Crippen LogP contribution in [0.1, 0.15) is 37.3 Å². The van der Waals surface area contributed by atoms with Gasteiger partial charge in [-0.05, 0) is 17.5 Å². The number of amides is 3. The number of piperazine rings is 1. The van der Waals surface area contributed by atoms with Crippen molar-refractivity contribution in [2.24, 2.45) is 0 Å². The minimum absolute atomic E-state index is 0.0275. The highest BCUT2D eigenvalue weighted by molar-refractivity contribution is 6.13. The third kappa shape index (κ3) is 6.45. The number of hydrogen-bond donors (Lipinski definition) is 2. The maximum atomic E-state index is 12.6. The number of carbonyl (C=O) groups excluding carboxylic acids is 3. The van der Waals surface area contributed by atoms with Crippen LogP contribution in [-0.4, -0.2) is 91.4 Å². The van der Waals surface area contributed by atoms with E-state index in [1.54, 1.807) is 0 Å². The first kappa shape index (κ1) is 27.3. The van der Waals surface area contributed by atoms with Gasteiger partial charge in [-0.1, -0.05) is 37.6 Å². The Kier molecular flexibility index (Phi) is 8.34. The lowest BCUT2D eigenvalue weighted by atomic mass is 10.1. The van der Waals surface area contributed by atoms with E-state index in [1.807, 2.05) is 15.8 Å². The Balaban J connectivity index is 1.10. The molecule has 1 saturated heterocycles. The van der Waals surface area contributed by atoms with Crippen molar-refractivity contribution in [1.82, 2.24) is 34.4 Å². The van der Waals surface area contributed by atoms with Crippen molar-refractivity contribution in [3.8, 4) is 0 Å². The Morgan fingerprint density at radius 3 is 2.33 bits per heavy atom. The Labute approximate surface area is 232 Å². The molecule has 2 aromatic heterocycles. The quantitative estimate of drug-likeness (QED) is 0.271. The second-order valence-electron chi connectivity index (χ2n) is 10.2. The van der Waals surface area contributed by atoms with E-state index in [4.69, 9.17) is 10.8 Å². The first-order chi connectivity index (χ1) is 19.4. The van der Waals surface area contributed by atoms with Gasteiger partial charge in [0, 0.05) is 64.4 Å². The van der Waals surface area contributed by atoms with Crippen molar-refractivity contribution in [1.29, 1.82) is 0 Å². The molecule has 0 saturated carbocycles. The zero-order valence-electron chi connectivity index (χ0n) is 22.8. The molecule has 12 heteroatoms. The second kappa shape index (κ2) is 12.2. The minimum Gasteiger partial charge on any atom is -0.368 e. The van der Waals surface area contributed by atoms with Crippen molar-refractivity contribution < 1.29 is 14.4 Å². The van der Waals surface area contributed by atoms with Gasteiger partial charge < -0.3 is 16.0 Å². The molecule has 2 aliphatic rings. The van der Waals surface area contributed by atoms with E-state index in [0.717, 1.165) is 60.5 Å². The summed E-state index contributed by atoms with van der Waals surface area (Å²) in [5.41, 5.74) is 9.67. The molecule has 2 aliphatic heterocycles. The van der Waals surface area contributed by atoms with Crippen LogP contribution in [0.2, 0.25) is 0 Å². The predicted molar refractivity (Wildman–Crippen MR) is 151 cm³/mol. The third-order valence-electron chi connectivity index (χ3n) is 7.20. The van der Waals surface area contributed by atoms with Crippen LogP contribution in [-0.2, 0) is 27.5 Å². The van der Waals surface area contributed by atoms with E-state index >= 15 is 0 Å². The summed E-state index contributed by atoms with van der Waals surface area (Å²) >= 11 is 0. The maximum Gasteiger partial charge on any atom is 0.253 e. The largest absolute Gasteiger partial charge is 0.368 e.